The van der Waals surface area contributed by atoms with E-state index in [9.17, 15) is 19.6 Å². The first-order valence-corrected chi connectivity index (χ1v) is 8.45. The predicted molar refractivity (Wildman–Crippen MR) is 80.1 cm³/mol. The van der Waals surface area contributed by atoms with E-state index in [1.165, 1.54) is 0 Å². The molecule has 3 saturated heterocycles. The van der Waals surface area contributed by atoms with Crippen LogP contribution in [0.25, 0.3) is 0 Å². The number of hydrogen-bond acceptors (Lipinski definition) is 8. The molecule has 6 atom stereocenters. The highest BCUT2D eigenvalue weighted by Crippen LogP contribution is 2.54. The highest BCUT2D eigenvalue weighted by atomic mass is 127. The molecule has 0 N–H and O–H groups in total. The summed E-state index contributed by atoms with van der Waals surface area (Å²) < 4.78 is 20.5. The third kappa shape index (κ3) is 2.48. The highest BCUT2D eigenvalue weighted by Gasteiger charge is 2.74. The second kappa shape index (κ2) is 5.90. The molecule has 0 aliphatic carbocycles. The lowest BCUT2D eigenvalue weighted by Crippen LogP contribution is -2.44. The fraction of sp³-hybridized carbons (Fsp3) is 0.714. The van der Waals surface area contributed by atoms with E-state index in [1.54, 1.807) is 0 Å². The van der Waals surface area contributed by atoms with Gasteiger partial charge in [0.2, 0.25) is 0 Å². The number of hydrogen-bond donors (Lipinski definition) is 0. The molecule has 3 fully saturated rings. The Labute approximate surface area is 145 Å². The van der Waals surface area contributed by atoms with Gasteiger partial charge in [0.15, 0.2) is 24.2 Å². The highest BCUT2D eigenvalue weighted by molar-refractivity contribution is 14.1. The van der Waals surface area contributed by atoms with Crippen LogP contribution in [0.1, 0.15) is 19.8 Å². The number of carbonyl (C=O) groups is 3. The van der Waals surface area contributed by atoms with Gasteiger partial charge in [-0.2, -0.15) is 5.26 Å². The van der Waals surface area contributed by atoms with Crippen molar-refractivity contribution in [3.8, 4) is 6.07 Å². The largest absolute Gasteiger partial charge is 0.454 e. The fourth-order valence-corrected chi connectivity index (χ4v) is 3.33. The molecule has 3 heterocycles. The zero-order valence-electron chi connectivity index (χ0n) is 12.2. The summed E-state index contributed by atoms with van der Waals surface area (Å²) >= 11 is 1.93. The summed E-state index contributed by atoms with van der Waals surface area (Å²) in [6.45, 7) is 1.33. The Kier molecular flexibility index (Phi) is 4.22. The fourth-order valence-electron chi connectivity index (χ4n) is 3.15. The second-order valence-corrected chi connectivity index (χ2v) is 7.19. The van der Waals surface area contributed by atoms with E-state index in [1.807, 2.05) is 35.6 Å². The van der Waals surface area contributed by atoms with Crippen molar-refractivity contribution >= 4 is 40.5 Å². The van der Waals surface area contributed by atoms with Crippen molar-refractivity contribution in [2.24, 2.45) is 5.41 Å². The lowest BCUT2D eigenvalue weighted by molar-refractivity contribution is -0.168. The van der Waals surface area contributed by atoms with Crippen LogP contribution >= 0.6 is 22.6 Å². The minimum atomic E-state index is -1.28. The van der Waals surface area contributed by atoms with Crippen LogP contribution in [0.5, 0.6) is 0 Å². The molecular formula is C14H14INO7. The Morgan fingerprint density at radius 1 is 1.57 bits per heavy atom. The molecule has 0 saturated carbocycles. The van der Waals surface area contributed by atoms with E-state index in [2.05, 4.69) is 0 Å². The van der Waals surface area contributed by atoms with E-state index in [0.29, 0.717) is 6.42 Å². The molecule has 0 radical (unpaired) electrons. The van der Waals surface area contributed by atoms with Crippen molar-refractivity contribution in [3.05, 3.63) is 0 Å². The normalized spacial score (nSPS) is 37.9. The van der Waals surface area contributed by atoms with Gasteiger partial charge in [0.1, 0.15) is 16.1 Å². The number of alkyl halides is 1. The Morgan fingerprint density at radius 2 is 2.30 bits per heavy atom. The molecule has 3 aliphatic rings. The van der Waals surface area contributed by atoms with Crippen LogP contribution in [0, 0.1) is 16.7 Å². The van der Waals surface area contributed by atoms with E-state index in [0.717, 1.165) is 0 Å². The maximum absolute atomic E-state index is 11.9. The Bertz CT molecular complexity index is 602. The molecule has 3 rings (SSSR count). The van der Waals surface area contributed by atoms with Crippen molar-refractivity contribution in [1.82, 2.24) is 0 Å². The van der Waals surface area contributed by atoms with E-state index >= 15 is 0 Å². The summed E-state index contributed by atoms with van der Waals surface area (Å²) in [6.07, 6.45) is -2.04. The van der Waals surface area contributed by atoms with Crippen LogP contribution in [0.3, 0.4) is 0 Å². The molecular weight excluding hydrogens is 421 g/mol. The standard InChI is InChI=1S/C14H14INO7/c1-2-6(15)12(18)20-4-8(17)22-9-7-3-14(5-16)11(21-7)10(9)23-13(14)19/h6-7,9-11H,2-4H2,1H3. The number of fused-ring (bicyclic) bond motifs is 1. The quantitative estimate of drug-likeness (QED) is 0.262. The first kappa shape index (κ1) is 16.4. The Balaban J connectivity index is 1.57. The Morgan fingerprint density at radius 3 is 2.96 bits per heavy atom. The minimum absolute atomic E-state index is 0.146. The summed E-state index contributed by atoms with van der Waals surface area (Å²) in [4.78, 5) is 35.2. The summed E-state index contributed by atoms with van der Waals surface area (Å²) in [5.41, 5.74) is -1.28. The summed E-state index contributed by atoms with van der Waals surface area (Å²) in [5, 5.41) is 9.23. The average Bonchev–Trinajstić information content (AvgIpc) is 3.13. The van der Waals surface area contributed by atoms with Crippen molar-refractivity contribution < 1.29 is 33.3 Å². The summed E-state index contributed by atoms with van der Waals surface area (Å²) in [5.74, 6) is -1.84. The monoisotopic (exact) mass is 435 g/mol. The maximum atomic E-state index is 11.9. The molecule has 0 aromatic rings. The van der Waals surface area contributed by atoms with Crippen LogP contribution in [-0.4, -0.2) is 52.9 Å². The minimum Gasteiger partial charge on any atom is -0.454 e. The van der Waals surface area contributed by atoms with E-state index in [-0.39, 0.29) is 10.3 Å². The van der Waals surface area contributed by atoms with Crippen LogP contribution < -0.4 is 0 Å². The topological polar surface area (TPSA) is 112 Å². The summed E-state index contributed by atoms with van der Waals surface area (Å²) in [7, 11) is 0. The number of nitriles is 1. The van der Waals surface area contributed by atoms with Crippen molar-refractivity contribution in [2.75, 3.05) is 6.61 Å². The van der Waals surface area contributed by atoms with Gasteiger partial charge in [-0.3, -0.25) is 9.59 Å². The molecule has 124 valence electrons. The number of carbonyl (C=O) groups excluding carboxylic acids is 3. The van der Waals surface area contributed by atoms with Crippen LogP contribution in [0.15, 0.2) is 0 Å². The van der Waals surface area contributed by atoms with Gasteiger partial charge in [-0.1, -0.05) is 29.5 Å². The lowest BCUT2D eigenvalue weighted by Gasteiger charge is -2.24. The van der Waals surface area contributed by atoms with Gasteiger partial charge in [0.25, 0.3) is 0 Å². The van der Waals surface area contributed by atoms with Gasteiger partial charge < -0.3 is 18.9 Å². The van der Waals surface area contributed by atoms with Gasteiger partial charge in [0, 0.05) is 6.42 Å². The van der Waals surface area contributed by atoms with Crippen molar-refractivity contribution in [1.29, 1.82) is 5.26 Å². The number of ether oxygens (including phenoxy) is 4. The lowest BCUT2D eigenvalue weighted by atomic mass is 9.75. The zero-order chi connectivity index (χ0) is 16.8. The number of esters is 3. The first-order valence-electron chi connectivity index (χ1n) is 7.21. The molecule has 9 heteroatoms. The molecule has 3 aliphatic heterocycles. The van der Waals surface area contributed by atoms with Crippen LogP contribution in [0.2, 0.25) is 0 Å². The average molecular weight is 435 g/mol. The van der Waals surface area contributed by atoms with Gasteiger partial charge in [-0.25, -0.2) is 4.79 Å². The first-order chi connectivity index (χ1) is 10.9. The number of nitrogens with zero attached hydrogens (tertiary/aromatic N) is 1. The van der Waals surface area contributed by atoms with Crippen LogP contribution in [0.4, 0.5) is 0 Å². The van der Waals surface area contributed by atoms with Gasteiger partial charge in [-0.15, -0.1) is 0 Å². The zero-order valence-corrected chi connectivity index (χ0v) is 14.3. The molecule has 0 aromatic carbocycles. The molecule has 6 unspecified atom stereocenters. The van der Waals surface area contributed by atoms with Crippen molar-refractivity contribution in [2.45, 2.75) is 48.1 Å². The third-order valence-electron chi connectivity index (χ3n) is 4.34. The Hall–Kier alpha value is -1.41. The van der Waals surface area contributed by atoms with E-state index < -0.39 is 54.3 Å². The molecule has 8 nitrogen and oxygen atoms in total. The third-order valence-corrected chi connectivity index (χ3v) is 5.73. The predicted octanol–water partition coefficient (Wildman–Crippen LogP) is 0.261. The summed E-state index contributed by atoms with van der Waals surface area (Å²) in [6, 6.07) is 1.97. The molecule has 23 heavy (non-hydrogen) atoms. The number of halogens is 1. The molecule has 0 aromatic heterocycles. The van der Waals surface area contributed by atoms with Gasteiger partial charge in [0.05, 0.1) is 6.07 Å². The molecule has 0 spiro atoms. The van der Waals surface area contributed by atoms with Crippen molar-refractivity contribution in [3.63, 3.8) is 0 Å². The SMILES string of the molecule is CCC(I)C(=O)OCC(=O)OC1C2CC3(C#N)C(=O)OC1C3O2. The molecule has 0 amide bonds. The number of rotatable bonds is 5. The second-order valence-electron chi connectivity index (χ2n) is 5.69. The van der Waals surface area contributed by atoms with Crippen LogP contribution in [-0.2, 0) is 33.3 Å². The van der Waals surface area contributed by atoms with E-state index in [4.69, 9.17) is 18.9 Å². The van der Waals surface area contributed by atoms with Gasteiger partial charge >= 0.3 is 17.9 Å². The molecule has 2 bridgehead atoms. The van der Waals surface area contributed by atoms with Gasteiger partial charge in [-0.05, 0) is 6.42 Å². The smallest absolute Gasteiger partial charge is 0.344 e. The maximum Gasteiger partial charge on any atom is 0.344 e.